The fourth-order valence-electron chi connectivity index (χ4n) is 3.47. The first-order valence-corrected chi connectivity index (χ1v) is 9.93. The molecule has 1 aliphatic rings. The van der Waals surface area contributed by atoms with Gasteiger partial charge in [-0.2, -0.15) is 0 Å². The van der Waals surface area contributed by atoms with Crippen LogP contribution in [-0.2, 0) is 11.3 Å². The van der Waals surface area contributed by atoms with Gasteiger partial charge in [0.05, 0.1) is 18.8 Å². The molecule has 4 rings (SSSR count). The molecule has 2 amide bonds. The highest BCUT2D eigenvalue weighted by atomic mass is 19.3. The molecule has 0 aliphatic carbocycles. The number of hydrogen-bond donors (Lipinski definition) is 1. The number of rotatable bonds is 7. The highest BCUT2D eigenvalue weighted by molar-refractivity contribution is 6.03. The first kappa shape index (κ1) is 20.7. The Morgan fingerprint density at radius 1 is 1.29 bits per heavy atom. The molecule has 1 fully saturated rings. The molecular formula is C21H21F2N5O3. The van der Waals surface area contributed by atoms with Gasteiger partial charge < -0.3 is 19.4 Å². The number of likely N-dealkylation sites (tertiary alicyclic amines) is 1. The number of hydrogen-bond acceptors (Lipinski definition) is 5. The first-order chi connectivity index (χ1) is 14.9. The zero-order valence-corrected chi connectivity index (χ0v) is 16.8. The minimum Gasteiger partial charge on any atom is -0.491 e. The molecule has 162 valence electrons. The fraction of sp³-hybridized carbons (Fsp3) is 0.333. The van der Waals surface area contributed by atoms with E-state index in [1.807, 2.05) is 0 Å². The van der Waals surface area contributed by atoms with Crippen molar-refractivity contribution < 1.29 is 23.1 Å². The number of amides is 2. The van der Waals surface area contributed by atoms with Crippen LogP contribution in [0.25, 0.3) is 5.65 Å². The molecule has 3 aromatic heterocycles. The normalized spacial score (nSPS) is 13.9. The molecule has 0 spiro atoms. The van der Waals surface area contributed by atoms with E-state index in [1.54, 1.807) is 34.7 Å². The predicted molar refractivity (Wildman–Crippen MR) is 108 cm³/mol. The summed E-state index contributed by atoms with van der Waals surface area (Å²) in [5.41, 5.74) is 1.07. The molecule has 0 bridgehead atoms. The van der Waals surface area contributed by atoms with Crippen molar-refractivity contribution in [2.24, 2.45) is 0 Å². The van der Waals surface area contributed by atoms with Gasteiger partial charge in [-0.25, -0.2) is 18.7 Å². The molecular weight excluding hydrogens is 408 g/mol. The monoisotopic (exact) mass is 429 g/mol. The van der Waals surface area contributed by atoms with E-state index in [0.717, 1.165) is 12.5 Å². The number of pyridine rings is 2. The summed E-state index contributed by atoms with van der Waals surface area (Å²) in [4.78, 5) is 34.5. The summed E-state index contributed by atoms with van der Waals surface area (Å²) in [6.07, 6.45) is 2.05. The molecule has 0 aromatic carbocycles. The van der Waals surface area contributed by atoms with Crippen LogP contribution in [0.5, 0.6) is 5.75 Å². The zero-order chi connectivity index (χ0) is 22.0. The lowest BCUT2D eigenvalue weighted by Gasteiger charge is -2.12. The summed E-state index contributed by atoms with van der Waals surface area (Å²) in [7, 11) is 0. The smallest absolute Gasteiger partial charge is 0.280 e. The van der Waals surface area contributed by atoms with E-state index in [4.69, 9.17) is 4.74 Å². The van der Waals surface area contributed by atoms with E-state index in [9.17, 15) is 18.4 Å². The first-order valence-electron chi connectivity index (χ1n) is 9.93. The molecule has 0 unspecified atom stereocenters. The van der Waals surface area contributed by atoms with Crippen molar-refractivity contribution in [2.75, 3.05) is 18.5 Å². The molecule has 0 radical (unpaired) electrons. The van der Waals surface area contributed by atoms with E-state index in [-0.39, 0.29) is 11.6 Å². The van der Waals surface area contributed by atoms with Crippen LogP contribution >= 0.6 is 0 Å². The molecule has 0 atom stereocenters. The Balaban J connectivity index is 1.61. The minimum absolute atomic E-state index is 0.110. The van der Waals surface area contributed by atoms with Crippen LogP contribution in [0.1, 0.15) is 48.1 Å². The number of carbonyl (C=O) groups excluding carboxylic acids is 2. The Bertz CT molecular complexity index is 1130. The maximum absolute atomic E-state index is 12.9. The number of nitrogens with zero attached hydrogens (tertiary/aromatic N) is 4. The van der Waals surface area contributed by atoms with Crippen LogP contribution in [-0.4, -0.2) is 44.2 Å². The van der Waals surface area contributed by atoms with E-state index in [1.165, 1.54) is 12.1 Å². The largest absolute Gasteiger partial charge is 0.491 e. The molecule has 1 N–H and O–H groups in total. The molecule has 0 saturated carbocycles. The van der Waals surface area contributed by atoms with Gasteiger partial charge in [-0.05, 0) is 25.5 Å². The quantitative estimate of drug-likeness (QED) is 0.622. The molecule has 4 heterocycles. The lowest BCUT2D eigenvalue weighted by Crippen LogP contribution is -2.23. The van der Waals surface area contributed by atoms with Gasteiger partial charge in [-0.1, -0.05) is 6.07 Å². The third kappa shape index (κ3) is 4.47. The Morgan fingerprint density at radius 3 is 2.84 bits per heavy atom. The molecule has 10 heteroatoms. The summed E-state index contributed by atoms with van der Waals surface area (Å²) in [6, 6.07) is 5.56. The zero-order valence-electron chi connectivity index (χ0n) is 16.8. The second-order valence-corrected chi connectivity index (χ2v) is 7.10. The lowest BCUT2D eigenvalue weighted by molar-refractivity contribution is -0.128. The molecule has 1 saturated heterocycles. The van der Waals surface area contributed by atoms with Crippen molar-refractivity contribution >= 4 is 23.1 Å². The van der Waals surface area contributed by atoms with E-state index in [0.29, 0.717) is 48.9 Å². The van der Waals surface area contributed by atoms with Crippen LogP contribution in [0.3, 0.4) is 0 Å². The van der Waals surface area contributed by atoms with Gasteiger partial charge >= 0.3 is 0 Å². The van der Waals surface area contributed by atoms with Crippen LogP contribution in [0, 0.1) is 0 Å². The summed E-state index contributed by atoms with van der Waals surface area (Å²) in [6.45, 7) is 3.28. The fourth-order valence-corrected chi connectivity index (χ4v) is 3.47. The second kappa shape index (κ2) is 8.66. The highest BCUT2D eigenvalue weighted by Gasteiger charge is 2.22. The van der Waals surface area contributed by atoms with Gasteiger partial charge in [-0.15, -0.1) is 0 Å². The van der Waals surface area contributed by atoms with Gasteiger partial charge in [0.2, 0.25) is 5.91 Å². The maximum atomic E-state index is 12.9. The number of carbonyl (C=O) groups is 2. The van der Waals surface area contributed by atoms with Crippen LogP contribution in [0.15, 0.2) is 36.7 Å². The summed E-state index contributed by atoms with van der Waals surface area (Å²) >= 11 is 0. The number of halogens is 2. The van der Waals surface area contributed by atoms with Crippen LogP contribution < -0.4 is 10.1 Å². The average Bonchev–Trinajstić information content (AvgIpc) is 3.33. The van der Waals surface area contributed by atoms with Crippen LogP contribution in [0.4, 0.5) is 14.5 Å². The van der Waals surface area contributed by atoms with E-state index >= 15 is 0 Å². The van der Waals surface area contributed by atoms with Gasteiger partial charge in [0.15, 0.2) is 0 Å². The van der Waals surface area contributed by atoms with Crippen LogP contribution in [0.2, 0.25) is 0 Å². The molecule has 8 nitrogen and oxygen atoms in total. The molecule has 31 heavy (non-hydrogen) atoms. The Labute approximate surface area is 176 Å². The van der Waals surface area contributed by atoms with Crippen molar-refractivity contribution in [1.82, 2.24) is 19.3 Å². The Kier molecular flexibility index (Phi) is 5.79. The van der Waals surface area contributed by atoms with E-state index in [2.05, 4.69) is 15.3 Å². The number of ether oxygens (including phenoxy) is 1. The topological polar surface area (TPSA) is 88.8 Å². The van der Waals surface area contributed by atoms with Crippen molar-refractivity contribution in [3.05, 3.63) is 53.7 Å². The number of anilines is 1. The second-order valence-electron chi connectivity index (χ2n) is 7.10. The highest BCUT2D eigenvalue weighted by Crippen LogP contribution is 2.28. The predicted octanol–water partition coefficient (Wildman–Crippen LogP) is 3.44. The van der Waals surface area contributed by atoms with Crippen molar-refractivity contribution in [3.8, 4) is 5.75 Å². The Morgan fingerprint density at radius 2 is 2.13 bits per heavy atom. The Hall–Kier alpha value is -3.56. The van der Waals surface area contributed by atoms with E-state index < -0.39 is 18.0 Å². The van der Waals surface area contributed by atoms with Gasteiger partial charge in [0.1, 0.15) is 28.5 Å². The van der Waals surface area contributed by atoms with Gasteiger partial charge in [-0.3, -0.25) is 9.59 Å². The standard InChI is InChI=1S/C21H21F2N5O3/c1-2-31-17-9-18-24-13(10-27-8-4-7-19(27)29)11-28(18)12-16(17)26-21(30)15-6-3-5-14(25-15)20(22)23/h3,5-6,9,11-12,20H,2,4,7-8,10H2,1H3,(H,26,30). The van der Waals surface area contributed by atoms with Crippen molar-refractivity contribution in [3.63, 3.8) is 0 Å². The summed E-state index contributed by atoms with van der Waals surface area (Å²) in [5, 5.41) is 2.67. The molecule has 1 aliphatic heterocycles. The molecule has 3 aromatic rings. The van der Waals surface area contributed by atoms with Crippen molar-refractivity contribution in [2.45, 2.75) is 32.7 Å². The number of fused-ring (bicyclic) bond motifs is 1. The third-order valence-electron chi connectivity index (χ3n) is 4.90. The number of imidazole rings is 1. The number of aromatic nitrogens is 3. The summed E-state index contributed by atoms with van der Waals surface area (Å²) in [5.74, 6) is -0.132. The average molecular weight is 429 g/mol. The minimum atomic E-state index is -2.77. The third-order valence-corrected chi connectivity index (χ3v) is 4.90. The lowest BCUT2D eigenvalue weighted by atomic mass is 10.2. The number of nitrogens with one attached hydrogen (secondary N) is 1. The SMILES string of the molecule is CCOc1cc2nc(CN3CCCC3=O)cn2cc1NC(=O)c1cccc(C(F)F)n1. The number of alkyl halides is 2. The van der Waals surface area contributed by atoms with Gasteiger partial charge in [0, 0.05) is 31.4 Å². The maximum Gasteiger partial charge on any atom is 0.280 e. The summed E-state index contributed by atoms with van der Waals surface area (Å²) < 4.78 is 33.1. The van der Waals surface area contributed by atoms with Crippen molar-refractivity contribution in [1.29, 1.82) is 0 Å². The van der Waals surface area contributed by atoms with Gasteiger partial charge in [0.25, 0.3) is 12.3 Å².